The van der Waals surface area contributed by atoms with Crippen LogP contribution in [0.25, 0.3) is 10.8 Å². The molecule has 1 aromatic carbocycles. The molecule has 2 rings (SSSR count). The summed E-state index contributed by atoms with van der Waals surface area (Å²) in [6.45, 7) is 0. The fraction of sp³-hybridized carbons (Fsp3) is 0. The van der Waals surface area contributed by atoms with Gasteiger partial charge in [-0.3, -0.25) is 15.1 Å². The van der Waals surface area contributed by atoms with Gasteiger partial charge in [0.2, 0.25) is 0 Å². The Balaban J connectivity index is 2.81. The first kappa shape index (κ1) is 8.43. The zero-order valence-electron chi connectivity index (χ0n) is 7.18. The number of hydrogen-bond acceptors (Lipinski definition) is 4. The van der Waals surface area contributed by atoms with Crippen LogP contribution in [0, 0.1) is 10.1 Å². The smallest absolute Gasteiger partial charge is 0.292 e. The van der Waals surface area contributed by atoms with Crippen LogP contribution >= 0.6 is 0 Å². The van der Waals surface area contributed by atoms with Gasteiger partial charge in [0.1, 0.15) is 5.69 Å². The fourth-order valence-electron chi connectivity index (χ4n) is 1.33. The molecule has 0 aliphatic heterocycles. The molecule has 0 bridgehead atoms. The lowest BCUT2D eigenvalue weighted by Gasteiger charge is -2.01. The molecule has 2 N–H and O–H groups in total. The topological polar surface area (TPSA) is 82.0 Å². The summed E-state index contributed by atoms with van der Waals surface area (Å²) in [5.74, 6) is 0. The molecule has 70 valence electrons. The van der Waals surface area contributed by atoms with Crippen molar-refractivity contribution >= 4 is 22.1 Å². The maximum absolute atomic E-state index is 10.6. The van der Waals surface area contributed by atoms with E-state index < -0.39 is 4.92 Å². The SMILES string of the molecule is Nc1c([N+](=O)[O-])ccc2ccncc12. The molecule has 0 amide bonds. The monoisotopic (exact) mass is 189 g/mol. The van der Waals surface area contributed by atoms with Crippen molar-refractivity contribution in [3.05, 3.63) is 40.7 Å². The van der Waals surface area contributed by atoms with Crippen molar-refractivity contribution in [2.75, 3.05) is 5.73 Å². The summed E-state index contributed by atoms with van der Waals surface area (Å²) >= 11 is 0. The molecule has 1 aromatic heterocycles. The van der Waals surface area contributed by atoms with Gasteiger partial charge < -0.3 is 5.73 Å². The average molecular weight is 189 g/mol. The summed E-state index contributed by atoms with van der Waals surface area (Å²) in [7, 11) is 0. The predicted octanol–water partition coefficient (Wildman–Crippen LogP) is 1.73. The van der Waals surface area contributed by atoms with E-state index >= 15 is 0 Å². The molecule has 5 heteroatoms. The number of pyridine rings is 1. The van der Waals surface area contributed by atoms with Crippen LogP contribution in [0.15, 0.2) is 30.6 Å². The highest BCUT2D eigenvalue weighted by Crippen LogP contribution is 2.29. The molecule has 5 nitrogen and oxygen atoms in total. The zero-order chi connectivity index (χ0) is 10.1. The summed E-state index contributed by atoms with van der Waals surface area (Å²) < 4.78 is 0. The van der Waals surface area contributed by atoms with Crippen LogP contribution in [0.4, 0.5) is 11.4 Å². The van der Waals surface area contributed by atoms with E-state index in [2.05, 4.69) is 4.98 Å². The summed E-state index contributed by atoms with van der Waals surface area (Å²) in [5.41, 5.74) is 5.73. The van der Waals surface area contributed by atoms with Gasteiger partial charge in [-0.15, -0.1) is 0 Å². The van der Waals surface area contributed by atoms with Crippen molar-refractivity contribution in [3.8, 4) is 0 Å². The maximum atomic E-state index is 10.6. The Morgan fingerprint density at radius 3 is 2.86 bits per heavy atom. The third kappa shape index (κ3) is 1.15. The second-order valence-electron chi connectivity index (χ2n) is 2.85. The van der Waals surface area contributed by atoms with Gasteiger partial charge in [0.25, 0.3) is 5.69 Å². The van der Waals surface area contributed by atoms with Crippen molar-refractivity contribution in [2.24, 2.45) is 0 Å². The van der Waals surface area contributed by atoms with Crippen LogP contribution < -0.4 is 5.73 Å². The number of nitro groups is 1. The van der Waals surface area contributed by atoms with Gasteiger partial charge in [0.05, 0.1) is 4.92 Å². The van der Waals surface area contributed by atoms with Crippen LogP contribution in [0.2, 0.25) is 0 Å². The molecule has 0 unspecified atom stereocenters. The summed E-state index contributed by atoms with van der Waals surface area (Å²) in [6.07, 6.45) is 3.14. The van der Waals surface area contributed by atoms with E-state index in [4.69, 9.17) is 5.73 Å². The number of hydrogen-bond donors (Lipinski definition) is 1. The number of benzene rings is 1. The third-order valence-electron chi connectivity index (χ3n) is 2.04. The van der Waals surface area contributed by atoms with Crippen LogP contribution in [-0.2, 0) is 0 Å². The van der Waals surface area contributed by atoms with E-state index in [1.165, 1.54) is 12.3 Å². The standard InChI is InChI=1S/C9H7N3O2/c10-9-7-5-11-4-3-6(7)1-2-8(9)12(13)14/h1-5H,10H2. The molecule has 2 aromatic rings. The molecule has 0 spiro atoms. The highest BCUT2D eigenvalue weighted by Gasteiger charge is 2.13. The second-order valence-corrected chi connectivity index (χ2v) is 2.85. The highest BCUT2D eigenvalue weighted by atomic mass is 16.6. The minimum absolute atomic E-state index is 0.0782. The lowest BCUT2D eigenvalue weighted by molar-refractivity contribution is -0.383. The largest absolute Gasteiger partial charge is 0.393 e. The van der Waals surface area contributed by atoms with Gasteiger partial charge in [-0.2, -0.15) is 0 Å². The molecular weight excluding hydrogens is 182 g/mol. The number of nitrogens with zero attached hydrogens (tertiary/aromatic N) is 2. The van der Waals surface area contributed by atoms with Crippen molar-refractivity contribution in [1.29, 1.82) is 0 Å². The molecule has 0 aliphatic carbocycles. The Morgan fingerprint density at radius 2 is 2.14 bits per heavy atom. The van der Waals surface area contributed by atoms with Crippen LogP contribution in [0.5, 0.6) is 0 Å². The molecule has 0 saturated carbocycles. The van der Waals surface area contributed by atoms with Gasteiger partial charge in [-0.25, -0.2) is 0 Å². The Hall–Kier alpha value is -2.17. The van der Waals surface area contributed by atoms with Crippen LogP contribution in [0.1, 0.15) is 0 Å². The predicted molar refractivity (Wildman–Crippen MR) is 52.8 cm³/mol. The molecule has 0 radical (unpaired) electrons. The summed E-state index contributed by atoms with van der Waals surface area (Å²) in [6, 6.07) is 4.82. The Bertz CT molecular complexity index is 510. The van der Waals surface area contributed by atoms with E-state index in [0.717, 1.165) is 5.39 Å². The van der Waals surface area contributed by atoms with Crippen LogP contribution in [-0.4, -0.2) is 9.91 Å². The number of nitro benzene ring substituents is 1. The number of nitrogens with two attached hydrogens (primary N) is 1. The maximum Gasteiger partial charge on any atom is 0.292 e. The van der Waals surface area contributed by atoms with Crippen molar-refractivity contribution in [2.45, 2.75) is 0 Å². The van der Waals surface area contributed by atoms with Crippen molar-refractivity contribution in [3.63, 3.8) is 0 Å². The van der Waals surface area contributed by atoms with E-state index in [1.54, 1.807) is 18.3 Å². The normalized spacial score (nSPS) is 10.3. The van der Waals surface area contributed by atoms with Gasteiger partial charge in [0, 0.05) is 23.8 Å². The van der Waals surface area contributed by atoms with E-state index in [0.29, 0.717) is 5.39 Å². The molecule has 0 atom stereocenters. The number of anilines is 1. The average Bonchev–Trinajstić information content (AvgIpc) is 2.18. The van der Waals surface area contributed by atoms with Crippen molar-refractivity contribution in [1.82, 2.24) is 4.98 Å². The van der Waals surface area contributed by atoms with E-state index in [-0.39, 0.29) is 11.4 Å². The minimum atomic E-state index is -0.498. The third-order valence-corrected chi connectivity index (χ3v) is 2.04. The molecule has 0 fully saturated rings. The number of aromatic nitrogens is 1. The number of rotatable bonds is 1. The first-order valence-corrected chi connectivity index (χ1v) is 3.97. The van der Waals surface area contributed by atoms with Gasteiger partial charge in [0.15, 0.2) is 0 Å². The molecular formula is C9H7N3O2. The van der Waals surface area contributed by atoms with Gasteiger partial charge in [-0.05, 0) is 17.5 Å². The zero-order valence-corrected chi connectivity index (χ0v) is 7.18. The fourth-order valence-corrected chi connectivity index (χ4v) is 1.33. The molecule has 14 heavy (non-hydrogen) atoms. The molecule has 0 aliphatic rings. The van der Waals surface area contributed by atoms with E-state index in [1.807, 2.05) is 0 Å². The molecule has 0 saturated heterocycles. The number of fused-ring (bicyclic) bond motifs is 1. The Morgan fingerprint density at radius 1 is 1.36 bits per heavy atom. The Kier molecular flexibility index (Phi) is 1.78. The first-order valence-electron chi connectivity index (χ1n) is 3.97. The quantitative estimate of drug-likeness (QED) is 0.420. The van der Waals surface area contributed by atoms with Crippen molar-refractivity contribution < 1.29 is 4.92 Å². The molecule has 1 heterocycles. The Labute approximate surface area is 79.3 Å². The van der Waals surface area contributed by atoms with Crippen LogP contribution in [0.3, 0.4) is 0 Å². The lowest BCUT2D eigenvalue weighted by Crippen LogP contribution is -1.96. The lowest BCUT2D eigenvalue weighted by atomic mass is 10.1. The summed E-state index contributed by atoms with van der Waals surface area (Å²) in [4.78, 5) is 13.9. The summed E-state index contributed by atoms with van der Waals surface area (Å²) in [5, 5.41) is 12.0. The van der Waals surface area contributed by atoms with E-state index in [9.17, 15) is 10.1 Å². The van der Waals surface area contributed by atoms with Gasteiger partial charge in [-0.1, -0.05) is 0 Å². The van der Waals surface area contributed by atoms with Gasteiger partial charge >= 0.3 is 0 Å². The second kappa shape index (κ2) is 2.95. The first-order chi connectivity index (χ1) is 6.70. The highest BCUT2D eigenvalue weighted by molar-refractivity contribution is 5.96. The minimum Gasteiger partial charge on any atom is -0.393 e. The number of nitrogen functional groups attached to an aromatic ring is 1.